The van der Waals surface area contributed by atoms with Crippen molar-refractivity contribution in [2.24, 2.45) is 0 Å². The second-order valence-electron chi connectivity index (χ2n) is 4.28. The first-order valence-corrected chi connectivity index (χ1v) is 6.50. The predicted octanol–water partition coefficient (Wildman–Crippen LogP) is -0.715. The fourth-order valence-electron chi connectivity index (χ4n) is 2.03. The summed E-state index contributed by atoms with van der Waals surface area (Å²) in [6, 6.07) is -1.09. The second-order valence-corrected chi connectivity index (χ2v) is 4.28. The Morgan fingerprint density at radius 3 is 2.10 bits per heavy atom. The lowest BCUT2D eigenvalue weighted by molar-refractivity contribution is -0.150. The molecule has 0 bridgehead atoms. The molecular weight excluding hydrogens is 262 g/mol. The lowest BCUT2D eigenvalue weighted by Gasteiger charge is -2.29. The molecule has 110 valence electrons. The highest BCUT2D eigenvalue weighted by molar-refractivity contribution is 6.15. The molecule has 0 aliphatic carbocycles. The van der Waals surface area contributed by atoms with Crippen LogP contribution in [0.4, 0.5) is 0 Å². The van der Waals surface area contributed by atoms with E-state index in [0.29, 0.717) is 13.1 Å². The smallest absolute Gasteiger partial charge is 0.254 e. The average Bonchev–Trinajstić information content (AvgIpc) is 2.76. The molecule has 1 atom stereocenters. The fourth-order valence-corrected chi connectivity index (χ4v) is 2.03. The minimum atomic E-state index is -1.09. The Labute approximate surface area is 117 Å². The average molecular weight is 281 g/mol. The largest absolute Gasteiger partial charge is 0.359 e. The molecule has 0 spiro atoms. The zero-order valence-electron chi connectivity index (χ0n) is 11.9. The number of nitrogens with one attached hydrogen (secondary N) is 1. The second kappa shape index (κ2) is 6.83. The van der Waals surface area contributed by atoms with E-state index in [2.05, 4.69) is 5.32 Å². The molecule has 1 N–H and O–H groups in total. The molecular formula is C13H19N3O4. The van der Waals surface area contributed by atoms with Gasteiger partial charge in [-0.25, -0.2) is 0 Å². The van der Waals surface area contributed by atoms with Crippen molar-refractivity contribution in [3.8, 4) is 0 Å². The van der Waals surface area contributed by atoms with Gasteiger partial charge in [-0.1, -0.05) is 0 Å². The molecule has 7 heteroatoms. The Balaban J connectivity index is 3.02. The molecule has 20 heavy (non-hydrogen) atoms. The quantitative estimate of drug-likeness (QED) is 0.651. The monoisotopic (exact) mass is 281 g/mol. The van der Waals surface area contributed by atoms with Crippen LogP contribution in [-0.4, -0.2) is 59.6 Å². The first-order chi connectivity index (χ1) is 9.46. The van der Waals surface area contributed by atoms with Gasteiger partial charge in [-0.15, -0.1) is 0 Å². The maximum atomic E-state index is 12.4. The van der Waals surface area contributed by atoms with Gasteiger partial charge in [0.15, 0.2) is 0 Å². The van der Waals surface area contributed by atoms with Crippen LogP contribution in [0.25, 0.3) is 0 Å². The normalized spacial score (nSPS) is 15.4. The van der Waals surface area contributed by atoms with E-state index in [0.717, 1.165) is 17.1 Å². The van der Waals surface area contributed by atoms with E-state index < -0.39 is 29.7 Å². The topological polar surface area (TPSA) is 86.8 Å². The molecule has 4 amide bonds. The number of imide groups is 1. The molecule has 0 fully saturated rings. The third kappa shape index (κ3) is 3.23. The first-order valence-electron chi connectivity index (χ1n) is 6.50. The maximum Gasteiger partial charge on any atom is 0.254 e. The summed E-state index contributed by atoms with van der Waals surface area (Å²) in [6.07, 6.45) is 1.98. The summed E-state index contributed by atoms with van der Waals surface area (Å²) >= 11 is 0. The van der Waals surface area contributed by atoms with Crippen LogP contribution in [0.5, 0.6) is 0 Å². The van der Waals surface area contributed by atoms with Crippen LogP contribution in [0.1, 0.15) is 20.3 Å². The van der Waals surface area contributed by atoms with Gasteiger partial charge in [0, 0.05) is 32.3 Å². The zero-order valence-corrected chi connectivity index (χ0v) is 11.9. The van der Waals surface area contributed by atoms with Crippen LogP contribution in [0.3, 0.4) is 0 Å². The van der Waals surface area contributed by atoms with Crippen molar-refractivity contribution in [1.82, 2.24) is 15.1 Å². The predicted molar refractivity (Wildman–Crippen MR) is 71.4 cm³/mol. The van der Waals surface area contributed by atoms with E-state index in [4.69, 9.17) is 0 Å². The third-order valence-corrected chi connectivity index (χ3v) is 3.17. The Morgan fingerprint density at radius 2 is 1.70 bits per heavy atom. The number of amides is 4. The summed E-state index contributed by atoms with van der Waals surface area (Å²) in [5, 5.41) is 2.40. The molecule has 1 aliphatic heterocycles. The highest BCUT2D eigenvalue weighted by Crippen LogP contribution is 2.15. The Morgan fingerprint density at radius 1 is 1.20 bits per heavy atom. The third-order valence-electron chi connectivity index (χ3n) is 3.17. The fraction of sp³-hybridized carbons (Fsp3) is 0.538. The number of hydrogen-bond donors (Lipinski definition) is 1. The molecule has 7 nitrogen and oxygen atoms in total. The summed E-state index contributed by atoms with van der Waals surface area (Å²) < 4.78 is 0. The van der Waals surface area contributed by atoms with E-state index >= 15 is 0 Å². The van der Waals surface area contributed by atoms with Crippen LogP contribution >= 0.6 is 0 Å². The summed E-state index contributed by atoms with van der Waals surface area (Å²) in [7, 11) is 1.44. The number of nitrogens with zero attached hydrogens (tertiary/aromatic N) is 2. The van der Waals surface area contributed by atoms with Gasteiger partial charge < -0.3 is 10.2 Å². The molecule has 0 aromatic carbocycles. The van der Waals surface area contributed by atoms with Crippen molar-refractivity contribution in [3.63, 3.8) is 0 Å². The lowest BCUT2D eigenvalue weighted by atomic mass is 10.1. The molecule has 0 aromatic heterocycles. The van der Waals surface area contributed by atoms with Gasteiger partial charge in [-0.05, 0) is 13.8 Å². The van der Waals surface area contributed by atoms with Crippen molar-refractivity contribution in [2.45, 2.75) is 26.3 Å². The highest BCUT2D eigenvalue weighted by atomic mass is 16.2. The van der Waals surface area contributed by atoms with E-state index in [1.807, 2.05) is 0 Å². The van der Waals surface area contributed by atoms with Gasteiger partial charge in [-0.3, -0.25) is 24.1 Å². The van der Waals surface area contributed by atoms with Crippen LogP contribution < -0.4 is 5.32 Å². The summed E-state index contributed by atoms with van der Waals surface area (Å²) in [5.41, 5.74) is 0. The molecule has 0 aromatic rings. The van der Waals surface area contributed by atoms with E-state index in [1.54, 1.807) is 13.8 Å². The SMILES string of the molecule is CCN(CC)C(=O)C(CC(=O)NC)N1C(=O)C=CC1=O. The number of hydrogen-bond acceptors (Lipinski definition) is 4. The van der Waals surface area contributed by atoms with E-state index in [1.165, 1.54) is 11.9 Å². The van der Waals surface area contributed by atoms with Crippen LogP contribution in [0.2, 0.25) is 0 Å². The van der Waals surface area contributed by atoms with Crippen molar-refractivity contribution in [3.05, 3.63) is 12.2 Å². The van der Waals surface area contributed by atoms with E-state index in [-0.39, 0.29) is 6.42 Å². The standard InChI is InChI=1S/C13H19N3O4/c1-4-15(5-2)13(20)9(8-10(17)14-3)16-11(18)6-7-12(16)19/h6-7,9H,4-5,8H2,1-3H3,(H,14,17). The van der Waals surface area contributed by atoms with Crippen LogP contribution in [-0.2, 0) is 19.2 Å². The van der Waals surface area contributed by atoms with Crippen LogP contribution in [0, 0.1) is 0 Å². The molecule has 1 heterocycles. The van der Waals surface area contributed by atoms with Gasteiger partial charge in [0.25, 0.3) is 11.8 Å². The molecule has 0 saturated heterocycles. The molecule has 0 saturated carbocycles. The molecule has 1 unspecified atom stereocenters. The van der Waals surface area contributed by atoms with Gasteiger partial charge in [0.2, 0.25) is 11.8 Å². The van der Waals surface area contributed by atoms with Crippen molar-refractivity contribution < 1.29 is 19.2 Å². The highest BCUT2D eigenvalue weighted by Gasteiger charge is 2.38. The number of likely N-dealkylation sites (N-methyl/N-ethyl adjacent to an activating group) is 1. The van der Waals surface area contributed by atoms with Gasteiger partial charge >= 0.3 is 0 Å². The zero-order chi connectivity index (χ0) is 15.3. The van der Waals surface area contributed by atoms with Gasteiger partial charge in [0.1, 0.15) is 6.04 Å². The Bertz CT molecular complexity index is 437. The van der Waals surface area contributed by atoms with Crippen LogP contribution in [0.15, 0.2) is 12.2 Å². The summed E-state index contributed by atoms with van der Waals surface area (Å²) in [4.78, 5) is 49.7. The number of carbonyl (C=O) groups is 4. The Kier molecular flexibility index (Phi) is 5.42. The van der Waals surface area contributed by atoms with Crippen molar-refractivity contribution in [1.29, 1.82) is 0 Å². The van der Waals surface area contributed by atoms with Crippen molar-refractivity contribution in [2.75, 3.05) is 20.1 Å². The molecule has 1 aliphatic rings. The van der Waals surface area contributed by atoms with Gasteiger partial charge in [-0.2, -0.15) is 0 Å². The first kappa shape index (κ1) is 15.9. The molecule has 0 radical (unpaired) electrons. The number of rotatable bonds is 6. The summed E-state index contributed by atoms with van der Waals surface area (Å²) in [6.45, 7) is 4.49. The van der Waals surface area contributed by atoms with Gasteiger partial charge in [0.05, 0.1) is 6.42 Å². The van der Waals surface area contributed by atoms with Crippen molar-refractivity contribution >= 4 is 23.6 Å². The molecule has 1 rings (SSSR count). The van der Waals surface area contributed by atoms with E-state index in [9.17, 15) is 19.2 Å². The summed E-state index contributed by atoms with van der Waals surface area (Å²) in [5.74, 6) is -1.93. The minimum Gasteiger partial charge on any atom is -0.359 e. The minimum absolute atomic E-state index is 0.231. The lowest BCUT2D eigenvalue weighted by Crippen LogP contribution is -2.52. The Hall–Kier alpha value is -2.18. The number of carbonyl (C=O) groups excluding carboxylic acids is 4. The maximum absolute atomic E-state index is 12.4.